The first-order chi connectivity index (χ1) is 14.7. The molecule has 2 aromatic rings. The highest BCUT2D eigenvalue weighted by Gasteiger charge is 2.31. The molecule has 0 radical (unpaired) electrons. The van der Waals surface area contributed by atoms with E-state index < -0.39 is 22.2 Å². The van der Waals surface area contributed by atoms with Crippen LogP contribution < -0.4 is 5.32 Å². The first-order valence-electron chi connectivity index (χ1n) is 10.1. The van der Waals surface area contributed by atoms with E-state index in [1.54, 1.807) is 36.4 Å². The van der Waals surface area contributed by atoms with E-state index in [2.05, 4.69) is 5.32 Å². The molecule has 1 unspecified atom stereocenters. The van der Waals surface area contributed by atoms with E-state index in [4.69, 9.17) is 9.84 Å². The van der Waals surface area contributed by atoms with Crippen molar-refractivity contribution in [2.45, 2.75) is 38.5 Å². The number of halogens is 1. The van der Waals surface area contributed by atoms with Crippen molar-refractivity contribution in [3.8, 4) is 0 Å². The lowest BCUT2D eigenvalue weighted by atomic mass is 10.1. The molecule has 168 valence electrons. The molecule has 0 aromatic heterocycles. The van der Waals surface area contributed by atoms with Gasteiger partial charge in [-0.3, -0.25) is 0 Å². The number of nitrogens with zero attached hydrogens (tertiary/aromatic N) is 1. The highest BCUT2D eigenvalue weighted by atomic mass is 32.2. The fourth-order valence-corrected chi connectivity index (χ4v) is 5.33. The van der Waals surface area contributed by atoms with E-state index in [1.807, 2.05) is 6.92 Å². The number of sulfonamides is 1. The first kappa shape index (κ1) is 23.2. The second-order valence-electron chi connectivity index (χ2n) is 7.67. The smallest absolute Gasteiger partial charge is 0.405 e. The Morgan fingerprint density at radius 1 is 1.23 bits per heavy atom. The van der Waals surface area contributed by atoms with E-state index in [0.717, 1.165) is 11.1 Å². The number of carbonyl (C=O) groups is 1. The third-order valence-corrected chi connectivity index (χ3v) is 7.36. The first-order valence-corrected chi connectivity index (χ1v) is 11.7. The van der Waals surface area contributed by atoms with Crippen molar-refractivity contribution in [3.05, 3.63) is 71.0 Å². The lowest BCUT2D eigenvalue weighted by Crippen LogP contribution is -2.44. The zero-order valence-electron chi connectivity index (χ0n) is 17.3. The third kappa shape index (κ3) is 6.49. The van der Waals surface area contributed by atoms with Gasteiger partial charge in [-0.25, -0.2) is 21.9 Å². The van der Waals surface area contributed by atoms with Crippen LogP contribution in [0.5, 0.6) is 0 Å². The normalized spacial score (nSPS) is 16.7. The van der Waals surface area contributed by atoms with Gasteiger partial charge < -0.3 is 15.2 Å². The van der Waals surface area contributed by atoms with E-state index in [1.165, 1.54) is 16.4 Å². The maximum atomic E-state index is 13.4. The molecule has 0 saturated carbocycles. The molecule has 9 heteroatoms. The Kier molecular flexibility index (Phi) is 7.64. The largest absolute Gasteiger partial charge is 0.465 e. The molecular weight excluding hydrogens is 423 g/mol. The quantitative estimate of drug-likeness (QED) is 0.642. The average molecular weight is 451 g/mol. The van der Waals surface area contributed by atoms with Gasteiger partial charge in [-0.1, -0.05) is 36.4 Å². The molecule has 0 aliphatic carbocycles. The summed E-state index contributed by atoms with van der Waals surface area (Å²) >= 11 is 0. The van der Waals surface area contributed by atoms with Crippen LogP contribution in [0.3, 0.4) is 0 Å². The fourth-order valence-electron chi connectivity index (χ4n) is 3.65. The van der Waals surface area contributed by atoms with Crippen LogP contribution in [0.4, 0.5) is 9.18 Å². The van der Waals surface area contributed by atoms with Crippen molar-refractivity contribution in [3.63, 3.8) is 0 Å². The summed E-state index contributed by atoms with van der Waals surface area (Å²) < 4.78 is 46.6. The Balaban J connectivity index is 1.57. The minimum absolute atomic E-state index is 0.115. The number of hydrogen-bond donors (Lipinski definition) is 2. The Morgan fingerprint density at radius 2 is 1.90 bits per heavy atom. The minimum Gasteiger partial charge on any atom is -0.465 e. The molecule has 2 aromatic carbocycles. The van der Waals surface area contributed by atoms with Crippen LogP contribution in [0.15, 0.2) is 48.5 Å². The predicted octanol–water partition coefficient (Wildman–Crippen LogP) is 3.45. The van der Waals surface area contributed by atoms with Crippen molar-refractivity contribution in [2.75, 3.05) is 18.8 Å². The number of carboxylic acid groups (broad SMARTS) is 1. The number of aryl methyl sites for hydroxylation is 1. The van der Waals surface area contributed by atoms with Crippen LogP contribution >= 0.6 is 0 Å². The lowest BCUT2D eigenvalue weighted by molar-refractivity contribution is 0.00987. The summed E-state index contributed by atoms with van der Waals surface area (Å²) in [7, 11) is -3.68. The summed E-state index contributed by atoms with van der Waals surface area (Å²) in [6, 6.07) is 12.4. The second kappa shape index (κ2) is 10.2. The number of piperidine rings is 1. The lowest BCUT2D eigenvalue weighted by Gasteiger charge is -2.32. The maximum Gasteiger partial charge on any atom is 0.405 e. The van der Waals surface area contributed by atoms with Crippen molar-refractivity contribution in [2.24, 2.45) is 0 Å². The topological polar surface area (TPSA) is 95.9 Å². The van der Waals surface area contributed by atoms with Crippen molar-refractivity contribution >= 4 is 16.1 Å². The standard InChI is InChI=1S/C22H27FN2O5S/c1-16-7-8-19(23)13-18(16)14-30-20-9-11-25(12-10-20)31(28,29)15-21(24-22(26)27)17-5-3-2-4-6-17/h2-8,13,20-21,24H,9-12,14-15H2,1H3,(H,26,27). The summed E-state index contributed by atoms with van der Waals surface area (Å²) in [5.74, 6) is -0.662. The summed E-state index contributed by atoms with van der Waals surface area (Å²) in [6.07, 6.45) is -0.341. The van der Waals surface area contributed by atoms with Crippen LogP contribution in [-0.4, -0.2) is 48.9 Å². The molecule has 7 nitrogen and oxygen atoms in total. The minimum atomic E-state index is -3.68. The Morgan fingerprint density at radius 3 is 2.55 bits per heavy atom. The van der Waals surface area contributed by atoms with Crippen LogP contribution in [-0.2, 0) is 21.4 Å². The molecule has 1 aliphatic rings. The maximum absolute atomic E-state index is 13.4. The summed E-state index contributed by atoms with van der Waals surface area (Å²) in [4.78, 5) is 11.2. The zero-order chi connectivity index (χ0) is 22.4. The van der Waals surface area contributed by atoms with Gasteiger partial charge in [-0.15, -0.1) is 0 Å². The Labute approximate surface area is 181 Å². The molecular formula is C22H27FN2O5S. The molecule has 1 fully saturated rings. The van der Waals surface area contributed by atoms with E-state index in [-0.39, 0.29) is 24.3 Å². The number of hydrogen-bond acceptors (Lipinski definition) is 4. The van der Waals surface area contributed by atoms with Crippen LogP contribution in [0, 0.1) is 12.7 Å². The highest BCUT2D eigenvalue weighted by Crippen LogP contribution is 2.23. The third-order valence-electron chi connectivity index (χ3n) is 5.46. The molecule has 0 spiro atoms. The fraction of sp³-hybridized carbons (Fsp3) is 0.409. The van der Waals surface area contributed by atoms with Crippen molar-refractivity contribution < 1.29 is 27.4 Å². The monoisotopic (exact) mass is 450 g/mol. The molecule has 0 bridgehead atoms. The van der Waals surface area contributed by atoms with Crippen LogP contribution in [0.2, 0.25) is 0 Å². The Hall–Kier alpha value is -2.49. The molecule has 1 amide bonds. The van der Waals surface area contributed by atoms with Crippen LogP contribution in [0.25, 0.3) is 0 Å². The molecule has 1 atom stereocenters. The molecule has 31 heavy (non-hydrogen) atoms. The van der Waals surface area contributed by atoms with Crippen LogP contribution in [0.1, 0.15) is 35.6 Å². The molecule has 1 aliphatic heterocycles. The number of nitrogens with one attached hydrogen (secondary N) is 1. The number of amides is 1. The predicted molar refractivity (Wildman–Crippen MR) is 115 cm³/mol. The zero-order valence-corrected chi connectivity index (χ0v) is 18.1. The van der Waals surface area contributed by atoms with Crippen molar-refractivity contribution in [1.82, 2.24) is 9.62 Å². The number of rotatable bonds is 8. The van der Waals surface area contributed by atoms with Gasteiger partial charge >= 0.3 is 6.09 Å². The molecule has 1 heterocycles. The summed E-state index contributed by atoms with van der Waals surface area (Å²) in [5.41, 5.74) is 2.32. The van der Waals surface area contributed by atoms with Gasteiger partial charge in [-0.05, 0) is 48.6 Å². The van der Waals surface area contributed by atoms with Crippen molar-refractivity contribution in [1.29, 1.82) is 0 Å². The summed E-state index contributed by atoms with van der Waals surface area (Å²) in [6.45, 7) is 2.76. The Bertz CT molecular complexity index is 992. The van der Waals surface area contributed by atoms with Gasteiger partial charge in [-0.2, -0.15) is 0 Å². The van der Waals surface area contributed by atoms with E-state index in [0.29, 0.717) is 31.5 Å². The molecule has 3 rings (SSSR count). The van der Waals surface area contributed by atoms with Gasteiger partial charge in [0.25, 0.3) is 0 Å². The number of ether oxygens (including phenoxy) is 1. The van der Waals surface area contributed by atoms with Gasteiger partial charge in [0.05, 0.1) is 24.5 Å². The van der Waals surface area contributed by atoms with E-state index >= 15 is 0 Å². The average Bonchev–Trinajstić information content (AvgIpc) is 2.74. The SMILES string of the molecule is Cc1ccc(F)cc1COC1CCN(S(=O)(=O)CC(NC(=O)O)c2ccccc2)CC1. The van der Waals surface area contributed by atoms with Gasteiger partial charge in [0, 0.05) is 13.1 Å². The second-order valence-corrected chi connectivity index (χ2v) is 9.69. The van der Waals surface area contributed by atoms with Gasteiger partial charge in [0.1, 0.15) is 5.82 Å². The molecule has 1 saturated heterocycles. The highest BCUT2D eigenvalue weighted by molar-refractivity contribution is 7.89. The summed E-state index contributed by atoms with van der Waals surface area (Å²) in [5, 5.41) is 11.4. The van der Waals surface area contributed by atoms with E-state index in [9.17, 15) is 17.6 Å². The van der Waals surface area contributed by atoms with Gasteiger partial charge in [0.2, 0.25) is 10.0 Å². The van der Waals surface area contributed by atoms with Gasteiger partial charge in [0.15, 0.2) is 0 Å². The molecule has 2 N–H and O–H groups in total. The number of benzene rings is 2.